The second-order valence-corrected chi connectivity index (χ2v) is 4.19. The molecule has 0 aliphatic carbocycles. The molecule has 1 rings (SSSR count). The number of nitrogens with two attached hydrogens (primary N) is 1. The van der Waals surface area contributed by atoms with E-state index in [2.05, 4.69) is 5.32 Å². The number of rotatable bonds is 4. The summed E-state index contributed by atoms with van der Waals surface area (Å²) in [6.07, 6.45) is 0.821. The lowest BCUT2D eigenvalue weighted by Gasteiger charge is -2.14. The molecule has 1 amide bonds. The molecule has 0 spiro atoms. The van der Waals surface area contributed by atoms with Crippen molar-refractivity contribution in [3.05, 3.63) is 34.3 Å². The standard InChI is InChI=1S/C12H17ClN2O/c1-3-10(7-14)15-12(16)9-5-4-8(2)11(13)6-9/h4-6,10H,3,7,14H2,1-2H3,(H,15,16). The van der Waals surface area contributed by atoms with Crippen LogP contribution < -0.4 is 11.1 Å². The van der Waals surface area contributed by atoms with Gasteiger partial charge < -0.3 is 11.1 Å². The number of aryl methyl sites for hydroxylation is 1. The number of carbonyl (C=O) groups excluding carboxylic acids is 1. The molecule has 0 saturated carbocycles. The van der Waals surface area contributed by atoms with E-state index in [1.165, 1.54) is 0 Å². The third-order valence-corrected chi connectivity index (χ3v) is 2.95. The number of benzene rings is 1. The molecule has 4 heteroatoms. The maximum Gasteiger partial charge on any atom is 0.251 e. The van der Waals surface area contributed by atoms with Crippen LogP contribution in [-0.2, 0) is 0 Å². The Morgan fingerprint density at radius 3 is 2.75 bits per heavy atom. The van der Waals surface area contributed by atoms with Crippen LogP contribution in [0.25, 0.3) is 0 Å². The number of hydrogen-bond acceptors (Lipinski definition) is 2. The van der Waals surface area contributed by atoms with Crippen LogP contribution in [0, 0.1) is 6.92 Å². The molecule has 0 fully saturated rings. The van der Waals surface area contributed by atoms with Gasteiger partial charge in [-0.1, -0.05) is 24.6 Å². The second kappa shape index (κ2) is 5.87. The molecule has 88 valence electrons. The van der Waals surface area contributed by atoms with E-state index >= 15 is 0 Å². The van der Waals surface area contributed by atoms with Gasteiger partial charge in [-0.15, -0.1) is 0 Å². The van der Waals surface area contributed by atoms with Crippen molar-refractivity contribution in [3.8, 4) is 0 Å². The predicted molar refractivity (Wildman–Crippen MR) is 66.8 cm³/mol. The minimum atomic E-state index is -0.126. The molecule has 0 aliphatic heterocycles. The minimum absolute atomic E-state index is 0.0209. The van der Waals surface area contributed by atoms with E-state index in [1.807, 2.05) is 19.9 Å². The highest BCUT2D eigenvalue weighted by molar-refractivity contribution is 6.31. The van der Waals surface area contributed by atoms with Crippen LogP contribution in [0.4, 0.5) is 0 Å². The number of nitrogens with one attached hydrogen (secondary N) is 1. The molecule has 1 aromatic rings. The summed E-state index contributed by atoms with van der Waals surface area (Å²) in [4.78, 5) is 11.8. The number of hydrogen-bond donors (Lipinski definition) is 2. The Hall–Kier alpha value is -1.06. The van der Waals surface area contributed by atoms with Crippen molar-refractivity contribution < 1.29 is 4.79 Å². The third-order valence-electron chi connectivity index (χ3n) is 2.55. The maximum atomic E-state index is 11.8. The molecular formula is C12H17ClN2O. The van der Waals surface area contributed by atoms with Gasteiger partial charge in [-0.05, 0) is 31.0 Å². The van der Waals surface area contributed by atoms with Gasteiger partial charge in [-0.3, -0.25) is 4.79 Å². The van der Waals surface area contributed by atoms with Crippen LogP contribution >= 0.6 is 11.6 Å². The van der Waals surface area contributed by atoms with Gasteiger partial charge >= 0.3 is 0 Å². The number of carbonyl (C=O) groups is 1. The van der Waals surface area contributed by atoms with E-state index in [9.17, 15) is 4.79 Å². The molecular weight excluding hydrogens is 224 g/mol. The van der Waals surface area contributed by atoms with E-state index in [1.54, 1.807) is 12.1 Å². The summed E-state index contributed by atoms with van der Waals surface area (Å²) in [5.74, 6) is -0.126. The summed E-state index contributed by atoms with van der Waals surface area (Å²) in [6, 6.07) is 5.29. The average molecular weight is 241 g/mol. The first-order chi connectivity index (χ1) is 7.58. The molecule has 0 aliphatic rings. The van der Waals surface area contributed by atoms with E-state index in [4.69, 9.17) is 17.3 Å². The van der Waals surface area contributed by atoms with Crippen LogP contribution in [0.2, 0.25) is 5.02 Å². The third kappa shape index (κ3) is 3.22. The Bertz CT molecular complexity index is 375. The summed E-state index contributed by atoms with van der Waals surface area (Å²) in [5.41, 5.74) is 7.06. The molecule has 0 bridgehead atoms. The Kier molecular flexibility index (Phi) is 4.77. The predicted octanol–water partition coefficient (Wildman–Crippen LogP) is 2.12. The SMILES string of the molecule is CCC(CN)NC(=O)c1ccc(C)c(Cl)c1. The first-order valence-electron chi connectivity index (χ1n) is 5.35. The Morgan fingerprint density at radius 2 is 2.25 bits per heavy atom. The first kappa shape index (κ1) is 13.0. The zero-order valence-corrected chi connectivity index (χ0v) is 10.3. The van der Waals surface area contributed by atoms with Crippen LogP contribution in [-0.4, -0.2) is 18.5 Å². The van der Waals surface area contributed by atoms with Gasteiger partial charge in [0.2, 0.25) is 0 Å². The van der Waals surface area contributed by atoms with Gasteiger partial charge in [0.1, 0.15) is 0 Å². The van der Waals surface area contributed by atoms with Gasteiger partial charge in [-0.25, -0.2) is 0 Å². The first-order valence-corrected chi connectivity index (χ1v) is 5.73. The normalized spacial score (nSPS) is 12.2. The summed E-state index contributed by atoms with van der Waals surface area (Å²) in [7, 11) is 0. The fourth-order valence-corrected chi connectivity index (χ4v) is 1.51. The molecule has 1 atom stereocenters. The summed E-state index contributed by atoms with van der Waals surface area (Å²) in [6.45, 7) is 4.33. The van der Waals surface area contributed by atoms with Crippen LogP contribution in [0.1, 0.15) is 29.3 Å². The lowest BCUT2D eigenvalue weighted by molar-refractivity contribution is 0.0937. The minimum Gasteiger partial charge on any atom is -0.348 e. The number of halogens is 1. The molecule has 0 aromatic heterocycles. The van der Waals surface area contributed by atoms with Gasteiger partial charge in [-0.2, -0.15) is 0 Å². The molecule has 3 nitrogen and oxygen atoms in total. The Balaban J connectivity index is 2.76. The van der Waals surface area contributed by atoms with Gasteiger partial charge in [0.25, 0.3) is 5.91 Å². The van der Waals surface area contributed by atoms with Crippen LogP contribution in [0.5, 0.6) is 0 Å². The highest BCUT2D eigenvalue weighted by Crippen LogP contribution is 2.16. The maximum absolute atomic E-state index is 11.8. The largest absolute Gasteiger partial charge is 0.348 e. The quantitative estimate of drug-likeness (QED) is 0.847. The second-order valence-electron chi connectivity index (χ2n) is 3.78. The smallest absolute Gasteiger partial charge is 0.251 e. The molecule has 0 saturated heterocycles. The zero-order valence-electron chi connectivity index (χ0n) is 9.59. The van der Waals surface area contributed by atoms with E-state index < -0.39 is 0 Å². The molecule has 16 heavy (non-hydrogen) atoms. The summed E-state index contributed by atoms with van der Waals surface area (Å²) < 4.78 is 0. The highest BCUT2D eigenvalue weighted by atomic mass is 35.5. The van der Waals surface area contributed by atoms with Gasteiger partial charge in [0, 0.05) is 23.2 Å². The van der Waals surface area contributed by atoms with Crippen LogP contribution in [0.15, 0.2) is 18.2 Å². The van der Waals surface area contributed by atoms with Crippen LogP contribution in [0.3, 0.4) is 0 Å². The Morgan fingerprint density at radius 1 is 1.56 bits per heavy atom. The van der Waals surface area contributed by atoms with Crippen molar-refractivity contribution in [1.29, 1.82) is 0 Å². The van der Waals surface area contributed by atoms with E-state index in [-0.39, 0.29) is 11.9 Å². The fourth-order valence-electron chi connectivity index (χ4n) is 1.33. The van der Waals surface area contributed by atoms with Crippen molar-refractivity contribution in [2.75, 3.05) is 6.54 Å². The average Bonchev–Trinajstić information content (AvgIpc) is 2.29. The zero-order chi connectivity index (χ0) is 12.1. The highest BCUT2D eigenvalue weighted by Gasteiger charge is 2.11. The lowest BCUT2D eigenvalue weighted by Crippen LogP contribution is -2.39. The molecule has 3 N–H and O–H groups in total. The van der Waals surface area contributed by atoms with E-state index in [0.717, 1.165) is 12.0 Å². The lowest BCUT2D eigenvalue weighted by atomic mass is 10.1. The van der Waals surface area contributed by atoms with Gasteiger partial charge in [0.05, 0.1) is 0 Å². The molecule has 1 unspecified atom stereocenters. The van der Waals surface area contributed by atoms with Gasteiger partial charge in [0.15, 0.2) is 0 Å². The van der Waals surface area contributed by atoms with Crippen molar-refractivity contribution in [2.24, 2.45) is 5.73 Å². The van der Waals surface area contributed by atoms with Crippen molar-refractivity contribution >= 4 is 17.5 Å². The monoisotopic (exact) mass is 240 g/mol. The summed E-state index contributed by atoms with van der Waals surface area (Å²) >= 11 is 5.96. The number of amides is 1. The van der Waals surface area contributed by atoms with Crippen molar-refractivity contribution in [1.82, 2.24) is 5.32 Å². The Labute approximate surface area is 101 Å². The molecule has 0 heterocycles. The molecule has 0 radical (unpaired) electrons. The van der Waals surface area contributed by atoms with E-state index in [0.29, 0.717) is 17.1 Å². The van der Waals surface area contributed by atoms with Crippen molar-refractivity contribution in [3.63, 3.8) is 0 Å². The summed E-state index contributed by atoms with van der Waals surface area (Å²) in [5, 5.41) is 3.46. The fraction of sp³-hybridized carbons (Fsp3) is 0.417. The molecule has 1 aromatic carbocycles. The topological polar surface area (TPSA) is 55.1 Å². The van der Waals surface area contributed by atoms with Crippen molar-refractivity contribution in [2.45, 2.75) is 26.3 Å².